The summed E-state index contributed by atoms with van der Waals surface area (Å²) in [5.74, 6) is 0.920. The fourth-order valence-electron chi connectivity index (χ4n) is 2.80. The van der Waals surface area contributed by atoms with Crippen molar-refractivity contribution in [3.63, 3.8) is 0 Å². The van der Waals surface area contributed by atoms with Crippen molar-refractivity contribution < 1.29 is 19.1 Å². The molecule has 0 bridgehead atoms. The molecule has 1 aliphatic rings. The molecule has 2 aromatic carbocycles. The van der Waals surface area contributed by atoms with E-state index in [0.717, 1.165) is 5.56 Å². The fourth-order valence-corrected chi connectivity index (χ4v) is 2.80. The molecule has 1 aliphatic heterocycles. The smallest absolute Gasteiger partial charge is 0.255 e. The van der Waals surface area contributed by atoms with Gasteiger partial charge in [-0.05, 0) is 42.2 Å². The van der Waals surface area contributed by atoms with E-state index in [1.807, 2.05) is 24.3 Å². The molecular formula is C21H21NO4. The van der Waals surface area contributed by atoms with E-state index in [1.54, 1.807) is 25.1 Å². The molecule has 2 aromatic rings. The molecule has 3 rings (SSSR count). The summed E-state index contributed by atoms with van der Waals surface area (Å²) in [6, 6.07) is 11.3. The van der Waals surface area contributed by atoms with E-state index in [2.05, 4.69) is 13.8 Å². The van der Waals surface area contributed by atoms with Crippen LogP contribution in [-0.2, 0) is 4.79 Å². The van der Waals surface area contributed by atoms with Crippen molar-refractivity contribution in [2.45, 2.75) is 26.7 Å². The molecule has 0 unspecified atom stereocenters. The zero-order chi connectivity index (χ0) is 18.8. The second kappa shape index (κ2) is 7.04. The summed E-state index contributed by atoms with van der Waals surface area (Å²) in [4.78, 5) is 23.5. The van der Waals surface area contributed by atoms with Gasteiger partial charge >= 0.3 is 0 Å². The number of benzene rings is 2. The molecule has 134 valence electrons. The zero-order valence-electron chi connectivity index (χ0n) is 15.0. The second-order valence-corrected chi connectivity index (χ2v) is 6.58. The number of primary amides is 1. The van der Waals surface area contributed by atoms with Crippen LogP contribution in [0.4, 0.5) is 0 Å². The summed E-state index contributed by atoms with van der Waals surface area (Å²) < 4.78 is 11.2. The number of hydrogen-bond acceptors (Lipinski definition) is 4. The Morgan fingerprint density at radius 2 is 1.88 bits per heavy atom. The minimum atomic E-state index is -0.563. The molecule has 0 aliphatic carbocycles. The van der Waals surface area contributed by atoms with E-state index in [0.29, 0.717) is 28.5 Å². The predicted octanol–water partition coefficient (Wildman–Crippen LogP) is 3.60. The minimum absolute atomic E-state index is 0.169. The highest BCUT2D eigenvalue weighted by Crippen LogP contribution is 2.39. The Balaban J connectivity index is 1.87. The average molecular weight is 351 g/mol. The van der Waals surface area contributed by atoms with Gasteiger partial charge in [0.15, 0.2) is 12.4 Å². The van der Waals surface area contributed by atoms with Gasteiger partial charge < -0.3 is 15.2 Å². The number of carbonyl (C=O) groups is 2. The number of fused-ring (bicyclic) bond motifs is 1. The Morgan fingerprint density at radius 1 is 1.19 bits per heavy atom. The molecule has 0 saturated heterocycles. The van der Waals surface area contributed by atoms with Crippen LogP contribution in [0.1, 0.15) is 46.8 Å². The molecule has 1 heterocycles. The summed E-state index contributed by atoms with van der Waals surface area (Å²) in [5, 5.41) is 0. The predicted molar refractivity (Wildman–Crippen MR) is 99.3 cm³/mol. The lowest BCUT2D eigenvalue weighted by molar-refractivity contribution is -0.119. The third-order valence-corrected chi connectivity index (χ3v) is 4.31. The minimum Gasteiger partial charge on any atom is -0.483 e. The van der Waals surface area contributed by atoms with E-state index < -0.39 is 5.91 Å². The molecule has 26 heavy (non-hydrogen) atoms. The summed E-state index contributed by atoms with van der Waals surface area (Å²) in [7, 11) is 0. The molecule has 5 heteroatoms. The molecule has 1 amide bonds. The van der Waals surface area contributed by atoms with Crippen molar-refractivity contribution in [2.24, 2.45) is 5.73 Å². The number of ketones is 1. The van der Waals surface area contributed by atoms with E-state index in [9.17, 15) is 9.59 Å². The van der Waals surface area contributed by atoms with Gasteiger partial charge in [-0.2, -0.15) is 0 Å². The first-order valence-corrected chi connectivity index (χ1v) is 8.45. The van der Waals surface area contributed by atoms with Crippen LogP contribution in [0.3, 0.4) is 0 Å². The van der Waals surface area contributed by atoms with Gasteiger partial charge in [0.05, 0.1) is 5.56 Å². The molecule has 0 fully saturated rings. The largest absolute Gasteiger partial charge is 0.483 e. The Morgan fingerprint density at radius 3 is 2.50 bits per heavy atom. The molecule has 2 N–H and O–H groups in total. The quantitative estimate of drug-likeness (QED) is 0.835. The molecule has 0 spiro atoms. The number of amides is 1. The van der Waals surface area contributed by atoms with Gasteiger partial charge in [0.1, 0.15) is 11.5 Å². The molecule has 0 saturated carbocycles. The number of hydrogen-bond donors (Lipinski definition) is 1. The topological polar surface area (TPSA) is 78.6 Å². The second-order valence-electron chi connectivity index (χ2n) is 6.58. The van der Waals surface area contributed by atoms with E-state index in [-0.39, 0.29) is 18.1 Å². The van der Waals surface area contributed by atoms with Gasteiger partial charge in [0.25, 0.3) is 5.91 Å². The van der Waals surface area contributed by atoms with Crippen LogP contribution in [0, 0.1) is 6.92 Å². The highest BCUT2D eigenvalue weighted by molar-refractivity contribution is 6.15. The van der Waals surface area contributed by atoms with Crippen molar-refractivity contribution >= 4 is 17.8 Å². The van der Waals surface area contributed by atoms with Crippen LogP contribution in [0.2, 0.25) is 0 Å². The lowest BCUT2D eigenvalue weighted by Gasteiger charge is -2.10. The third kappa shape index (κ3) is 3.47. The number of ether oxygens (including phenoxy) is 2. The van der Waals surface area contributed by atoms with Crippen molar-refractivity contribution in [3.05, 3.63) is 64.4 Å². The molecule has 0 aromatic heterocycles. The highest BCUT2D eigenvalue weighted by Gasteiger charge is 2.30. The Labute approximate surface area is 152 Å². The fraction of sp³-hybridized carbons (Fsp3) is 0.238. The maximum atomic E-state index is 12.6. The van der Waals surface area contributed by atoms with Crippen LogP contribution in [0.15, 0.2) is 42.2 Å². The van der Waals surface area contributed by atoms with Crippen molar-refractivity contribution in [1.29, 1.82) is 0 Å². The van der Waals surface area contributed by atoms with Gasteiger partial charge in [-0.25, -0.2) is 0 Å². The van der Waals surface area contributed by atoms with Gasteiger partial charge in [-0.3, -0.25) is 9.59 Å². The third-order valence-electron chi connectivity index (χ3n) is 4.31. The van der Waals surface area contributed by atoms with Gasteiger partial charge in [-0.15, -0.1) is 0 Å². The molecule has 0 atom stereocenters. The zero-order valence-corrected chi connectivity index (χ0v) is 15.0. The Hall–Kier alpha value is -3.08. The number of nitrogens with two attached hydrogens (primary N) is 1. The Bertz CT molecular complexity index is 895. The lowest BCUT2D eigenvalue weighted by Crippen LogP contribution is -2.20. The molecule has 0 radical (unpaired) electrons. The first kappa shape index (κ1) is 17.7. The van der Waals surface area contributed by atoms with E-state index >= 15 is 0 Å². The first-order valence-electron chi connectivity index (χ1n) is 8.45. The van der Waals surface area contributed by atoms with E-state index in [1.165, 1.54) is 5.56 Å². The van der Waals surface area contributed by atoms with Gasteiger partial charge in [-0.1, -0.05) is 38.1 Å². The van der Waals surface area contributed by atoms with Crippen molar-refractivity contribution in [3.8, 4) is 11.5 Å². The van der Waals surface area contributed by atoms with Crippen LogP contribution < -0.4 is 15.2 Å². The first-order chi connectivity index (χ1) is 12.4. The normalized spacial score (nSPS) is 14.5. The van der Waals surface area contributed by atoms with Crippen LogP contribution in [0.25, 0.3) is 6.08 Å². The van der Waals surface area contributed by atoms with Crippen LogP contribution in [-0.4, -0.2) is 18.3 Å². The van der Waals surface area contributed by atoms with Crippen molar-refractivity contribution in [2.75, 3.05) is 6.61 Å². The van der Waals surface area contributed by atoms with Crippen LogP contribution in [0.5, 0.6) is 11.5 Å². The number of Topliss-reactive ketones (excluding diaryl/α,β-unsaturated/α-hetero) is 1. The lowest BCUT2D eigenvalue weighted by atomic mass is 10.0. The summed E-state index contributed by atoms with van der Waals surface area (Å²) in [6.45, 7) is 5.82. The van der Waals surface area contributed by atoms with Gasteiger partial charge in [0, 0.05) is 5.56 Å². The number of rotatable bonds is 5. The number of allylic oxidation sites excluding steroid dienone is 1. The highest BCUT2D eigenvalue weighted by atomic mass is 16.5. The summed E-state index contributed by atoms with van der Waals surface area (Å²) >= 11 is 0. The van der Waals surface area contributed by atoms with Gasteiger partial charge in [0.2, 0.25) is 5.78 Å². The standard InChI is InChI=1S/C21H21NO4/c1-12(2)15-6-4-14(5-7-15)10-18-20(24)16-8-9-17(25-11-19(22)23)13(3)21(16)26-18/h4-10,12H,11H2,1-3H3,(H2,22,23)/b18-10-. The number of carbonyl (C=O) groups excluding carboxylic acids is 2. The van der Waals surface area contributed by atoms with Crippen molar-refractivity contribution in [1.82, 2.24) is 0 Å². The summed E-state index contributed by atoms with van der Waals surface area (Å²) in [6.07, 6.45) is 1.73. The monoisotopic (exact) mass is 351 g/mol. The maximum Gasteiger partial charge on any atom is 0.255 e. The maximum absolute atomic E-state index is 12.6. The van der Waals surface area contributed by atoms with E-state index in [4.69, 9.17) is 15.2 Å². The SMILES string of the molecule is Cc1c(OCC(N)=O)ccc2c1O/C(=C\c1ccc(C(C)C)cc1)C2=O. The average Bonchev–Trinajstić information content (AvgIpc) is 2.92. The molecule has 5 nitrogen and oxygen atoms in total. The Kier molecular flexibility index (Phi) is 4.80. The molecular weight excluding hydrogens is 330 g/mol. The summed E-state index contributed by atoms with van der Waals surface area (Å²) in [5.41, 5.74) is 8.39. The van der Waals surface area contributed by atoms with Crippen LogP contribution >= 0.6 is 0 Å².